The molecule has 0 saturated carbocycles. The van der Waals surface area contributed by atoms with E-state index in [2.05, 4.69) is 43.1 Å². The maximum atomic E-state index is 6.15. The summed E-state index contributed by atoms with van der Waals surface area (Å²) in [5, 5.41) is 4.19. The summed E-state index contributed by atoms with van der Waals surface area (Å²) in [7, 11) is 1.72. The number of benzene rings is 1. The minimum atomic E-state index is 0.527. The molecule has 0 amide bonds. The van der Waals surface area contributed by atoms with Crippen LogP contribution in [0.5, 0.6) is 0 Å². The van der Waals surface area contributed by atoms with Gasteiger partial charge in [-0.3, -0.25) is 0 Å². The minimum absolute atomic E-state index is 0.527. The predicted octanol–water partition coefficient (Wildman–Crippen LogP) is 3.70. The lowest BCUT2D eigenvalue weighted by Gasteiger charge is -2.31. The van der Waals surface area contributed by atoms with Gasteiger partial charge in [0.25, 0.3) is 0 Å². The fourth-order valence-electron chi connectivity index (χ4n) is 2.31. The lowest BCUT2D eigenvalue weighted by molar-refractivity contribution is 0.199. The zero-order valence-corrected chi connectivity index (χ0v) is 13.8. The van der Waals surface area contributed by atoms with E-state index < -0.39 is 0 Å². The number of rotatable bonds is 9. The molecule has 0 aliphatic heterocycles. The van der Waals surface area contributed by atoms with Crippen LogP contribution in [0.3, 0.4) is 0 Å². The molecular formula is C16H27ClN2O. The number of nitrogens with zero attached hydrogens (tertiary/aromatic N) is 1. The van der Waals surface area contributed by atoms with Gasteiger partial charge in [0.05, 0.1) is 6.61 Å². The monoisotopic (exact) mass is 298 g/mol. The number of halogens is 1. The Hall–Kier alpha value is -0.770. The second-order valence-corrected chi connectivity index (χ2v) is 5.42. The minimum Gasteiger partial charge on any atom is -0.383 e. The van der Waals surface area contributed by atoms with Crippen LogP contribution in [0.2, 0.25) is 5.02 Å². The van der Waals surface area contributed by atoms with E-state index >= 15 is 0 Å². The van der Waals surface area contributed by atoms with Crippen LogP contribution in [0.4, 0.5) is 5.69 Å². The molecule has 0 spiro atoms. The van der Waals surface area contributed by atoms with Crippen LogP contribution in [-0.2, 0) is 11.3 Å². The Balaban J connectivity index is 2.87. The van der Waals surface area contributed by atoms with Crippen molar-refractivity contribution in [1.82, 2.24) is 5.32 Å². The first kappa shape index (κ1) is 17.3. The topological polar surface area (TPSA) is 24.5 Å². The highest BCUT2D eigenvalue weighted by atomic mass is 35.5. The van der Waals surface area contributed by atoms with Crippen LogP contribution in [0.1, 0.15) is 32.8 Å². The SMILES string of the molecule is CCC(C)N(CC)c1ccc(Cl)cc1CNCCOC. The summed E-state index contributed by atoms with van der Waals surface area (Å²) in [6, 6.07) is 6.69. The van der Waals surface area contributed by atoms with E-state index in [4.69, 9.17) is 16.3 Å². The summed E-state index contributed by atoms with van der Waals surface area (Å²) in [6.07, 6.45) is 1.13. The number of hydrogen-bond donors (Lipinski definition) is 1. The molecule has 0 aliphatic rings. The highest BCUT2D eigenvalue weighted by molar-refractivity contribution is 6.30. The standard InChI is InChI=1S/C16H27ClN2O/c1-5-13(3)19(6-2)16-8-7-15(17)11-14(16)12-18-9-10-20-4/h7-8,11,13,18H,5-6,9-10,12H2,1-4H3. The molecule has 1 aromatic rings. The highest BCUT2D eigenvalue weighted by Gasteiger charge is 2.14. The van der Waals surface area contributed by atoms with Gasteiger partial charge >= 0.3 is 0 Å². The van der Waals surface area contributed by atoms with E-state index in [1.54, 1.807) is 7.11 Å². The number of anilines is 1. The number of hydrogen-bond acceptors (Lipinski definition) is 3. The molecule has 20 heavy (non-hydrogen) atoms. The summed E-state index contributed by atoms with van der Waals surface area (Å²) in [5.74, 6) is 0. The molecule has 1 N–H and O–H groups in total. The van der Waals surface area contributed by atoms with Crippen LogP contribution in [0.25, 0.3) is 0 Å². The van der Waals surface area contributed by atoms with E-state index in [0.29, 0.717) is 6.04 Å². The molecule has 114 valence electrons. The van der Waals surface area contributed by atoms with Gasteiger partial charge in [0.2, 0.25) is 0 Å². The van der Waals surface area contributed by atoms with Gasteiger partial charge in [-0.1, -0.05) is 18.5 Å². The fraction of sp³-hybridized carbons (Fsp3) is 0.625. The molecule has 0 radical (unpaired) electrons. The normalized spacial score (nSPS) is 12.4. The summed E-state index contributed by atoms with van der Waals surface area (Å²) >= 11 is 6.15. The average Bonchev–Trinajstić information content (AvgIpc) is 2.46. The van der Waals surface area contributed by atoms with Gasteiger partial charge in [0.1, 0.15) is 0 Å². The molecule has 0 saturated heterocycles. The third-order valence-corrected chi connectivity index (χ3v) is 3.85. The number of ether oxygens (including phenoxy) is 1. The van der Waals surface area contributed by atoms with Crippen LogP contribution in [0.15, 0.2) is 18.2 Å². The van der Waals surface area contributed by atoms with E-state index in [0.717, 1.165) is 37.7 Å². The highest BCUT2D eigenvalue weighted by Crippen LogP contribution is 2.26. The maximum absolute atomic E-state index is 6.15. The van der Waals surface area contributed by atoms with E-state index in [-0.39, 0.29) is 0 Å². The molecule has 1 rings (SSSR count). The van der Waals surface area contributed by atoms with E-state index in [1.807, 2.05) is 6.07 Å². The van der Waals surface area contributed by atoms with Gasteiger partial charge in [0.15, 0.2) is 0 Å². The molecule has 0 heterocycles. The quantitative estimate of drug-likeness (QED) is 0.704. The molecular weight excluding hydrogens is 272 g/mol. The smallest absolute Gasteiger partial charge is 0.0587 e. The molecule has 0 fully saturated rings. The second-order valence-electron chi connectivity index (χ2n) is 4.99. The van der Waals surface area contributed by atoms with Crippen molar-refractivity contribution < 1.29 is 4.74 Å². The Labute approximate surface area is 128 Å². The molecule has 0 aromatic heterocycles. The third-order valence-electron chi connectivity index (χ3n) is 3.61. The Morgan fingerprint density at radius 1 is 1.35 bits per heavy atom. The second kappa shape index (κ2) is 9.22. The van der Waals surface area contributed by atoms with Crippen molar-refractivity contribution in [3.05, 3.63) is 28.8 Å². The first-order valence-electron chi connectivity index (χ1n) is 7.38. The first-order valence-corrected chi connectivity index (χ1v) is 7.76. The zero-order valence-electron chi connectivity index (χ0n) is 13.1. The van der Waals surface area contributed by atoms with Gasteiger partial charge < -0.3 is 15.0 Å². The molecule has 0 bridgehead atoms. The van der Waals surface area contributed by atoms with Gasteiger partial charge in [0, 0.05) is 43.5 Å². The Morgan fingerprint density at radius 2 is 2.10 bits per heavy atom. The summed E-state index contributed by atoms with van der Waals surface area (Å²) in [4.78, 5) is 2.43. The van der Waals surface area contributed by atoms with Crippen molar-refractivity contribution in [2.24, 2.45) is 0 Å². The van der Waals surface area contributed by atoms with Crippen LogP contribution < -0.4 is 10.2 Å². The van der Waals surface area contributed by atoms with Crippen molar-refractivity contribution in [3.63, 3.8) is 0 Å². The third kappa shape index (κ3) is 4.97. The van der Waals surface area contributed by atoms with Gasteiger partial charge in [-0.2, -0.15) is 0 Å². The molecule has 1 aromatic carbocycles. The zero-order chi connectivity index (χ0) is 15.0. The van der Waals surface area contributed by atoms with Crippen molar-refractivity contribution >= 4 is 17.3 Å². The van der Waals surface area contributed by atoms with Crippen molar-refractivity contribution in [2.75, 3.05) is 31.7 Å². The van der Waals surface area contributed by atoms with E-state index in [1.165, 1.54) is 11.3 Å². The largest absolute Gasteiger partial charge is 0.383 e. The Kier molecular flexibility index (Phi) is 7.97. The molecule has 1 unspecified atom stereocenters. The summed E-state index contributed by atoms with van der Waals surface area (Å²) in [5.41, 5.74) is 2.52. The number of methoxy groups -OCH3 is 1. The van der Waals surface area contributed by atoms with Crippen molar-refractivity contribution in [1.29, 1.82) is 0 Å². The van der Waals surface area contributed by atoms with Gasteiger partial charge in [-0.25, -0.2) is 0 Å². The fourth-order valence-corrected chi connectivity index (χ4v) is 2.51. The lowest BCUT2D eigenvalue weighted by Crippen LogP contribution is -2.33. The van der Waals surface area contributed by atoms with Crippen LogP contribution in [0, 0.1) is 0 Å². The van der Waals surface area contributed by atoms with Crippen molar-refractivity contribution in [2.45, 2.75) is 39.8 Å². The molecule has 1 atom stereocenters. The number of nitrogens with one attached hydrogen (secondary N) is 1. The Bertz CT molecular complexity index is 398. The van der Waals surface area contributed by atoms with Crippen LogP contribution in [-0.4, -0.2) is 32.8 Å². The average molecular weight is 299 g/mol. The predicted molar refractivity (Wildman–Crippen MR) is 87.8 cm³/mol. The van der Waals surface area contributed by atoms with Gasteiger partial charge in [-0.05, 0) is 44.0 Å². The Morgan fingerprint density at radius 3 is 2.70 bits per heavy atom. The van der Waals surface area contributed by atoms with E-state index in [9.17, 15) is 0 Å². The molecule has 0 aliphatic carbocycles. The summed E-state index contributed by atoms with van der Waals surface area (Å²) in [6.45, 7) is 10.1. The van der Waals surface area contributed by atoms with Crippen LogP contribution >= 0.6 is 11.6 Å². The molecule has 4 heteroatoms. The maximum Gasteiger partial charge on any atom is 0.0587 e. The lowest BCUT2D eigenvalue weighted by atomic mass is 10.1. The first-order chi connectivity index (χ1) is 9.63. The van der Waals surface area contributed by atoms with Gasteiger partial charge in [-0.15, -0.1) is 0 Å². The summed E-state index contributed by atoms with van der Waals surface area (Å²) < 4.78 is 5.06. The van der Waals surface area contributed by atoms with Crippen molar-refractivity contribution in [3.8, 4) is 0 Å². The molecule has 3 nitrogen and oxygen atoms in total.